The standard InChI is InChI=1S/C13H24N4O2/c1-4-8-18-12-11(14)13(16-10-15-12)19-9-7-17(5-2)6-3/h10H,4-9,14H2,1-3H3. The topological polar surface area (TPSA) is 73.5 Å². The van der Waals surface area contributed by atoms with E-state index in [0.717, 1.165) is 26.1 Å². The zero-order valence-corrected chi connectivity index (χ0v) is 12.1. The summed E-state index contributed by atoms with van der Waals surface area (Å²) in [5, 5.41) is 0. The largest absolute Gasteiger partial charge is 0.476 e. The number of hydrogen-bond donors (Lipinski definition) is 1. The van der Waals surface area contributed by atoms with Gasteiger partial charge in [-0.05, 0) is 19.5 Å². The van der Waals surface area contributed by atoms with Gasteiger partial charge in [0, 0.05) is 6.54 Å². The summed E-state index contributed by atoms with van der Waals surface area (Å²) in [5.41, 5.74) is 6.29. The molecule has 0 unspecified atom stereocenters. The highest BCUT2D eigenvalue weighted by Crippen LogP contribution is 2.26. The quantitative estimate of drug-likeness (QED) is 0.733. The SMILES string of the molecule is CCCOc1ncnc(OCCN(CC)CC)c1N. The van der Waals surface area contributed by atoms with Crippen LogP contribution in [0.25, 0.3) is 0 Å². The maximum Gasteiger partial charge on any atom is 0.244 e. The maximum absolute atomic E-state index is 5.92. The summed E-state index contributed by atoms with van der Waals surface area (Å²) in [4.78, 5) is 10.3. The second-order valence-electron chi connectivity index (χ2n) is 4.12. The summed E-state index contributed by atoms with van der Waals surface area (Å²) in [6.45, 7) is 10.3. The van der Waals surface area contributed by atoms with Crippen LogP contribution in [-0.2, 0) is 0 Å². The molecule has 0 aliphatic carbocycles. The van der Waals surface area contributed by atoms with Gasteiger partial charge in [-0.15, -0.1) is 0 Å². The van der Waals surface area contributed by atoms with Crippen molar-refractivity contribution >= 4 is 5.69 Å². The molecule has 0 fully saturated rings. The first-order valence-corrected chi connectivity index (χ1v) is 6.81. The van der Waals surface area contributed by atoms with E-state index in [2.05, 4.69) is 28.7 Å². The molecule has 0 atom stereocenters. The minimum atomic E-state index is 0.371. The molecular formula is C13H24N4O2. The Balaban J connectivity index is 2.53. The van der Waals surface area contributed by atoms with E-state index in [1.807, 2.05) is 6.92 Å². The summed E-state index contributed by atoms with van der Waals surface area (Å²) >= 11 is 0. The lowest BCUT2D eigenvalue weighted by atomic mass is 10.4. The highest BCUT2D eigenvalue weighted by Gasteiger charge is 2.10. The van der Waals surface area contributed by atoms with E-state index >= 15 is 0 Å². The van der Waals surface area contributed by atoms with Crippen molar-refractivity contribution in [3.8, 4) is 11.8 Å². The summed E-state index contributed by atoms with van der Waals surface area (Å²) in [5.74, 6) is 0.794. The molecule has 0 radical (unpaired) electrons. The highest BCUT2D eigenvalue weighted by atomic mass is 16.5. The lowest BCUT2D eigenvalue weighted by molar-refractivity contribution is 0.217. The van der Waals surface area contributed by atoms with Crippen molar-refractivity contribution < 1.29 is 9.47 Å². The third-order valence-corrected chi connectivity index (χ3v) is 2.79. The molecular weight excluding hydrogens is 244 g/mol. The highest BCUT2D eigenvalue weighted by molar-refractivity contribution is 5.55. The molecule has 1 aromatic heterocycles. The average molecular weight is 268 g/mol. The van der Waals surface area contributed by atoms with Gasteiger partial charge in [0.1, 0.15) is 12.9 Å². The second kappa shape index (κ2) is 8.53. The Morgan fingerprint density at radius 3 is 2.16 bits per heavy atom. The average Bonchev–Trinajstić information content (AvgIpc) is 2.44. The molecule has 0 spiro atoms. The fourth-order valence-corrected chi connectivity index (χ4v) is 1.60. The van der Waals surface area contributed by atoms with Crippen LogP contribution in [0, 0.1) is 0 Å². The van der Waals surface area contributed by atoms with Crippen molar-refractivity contribution in [2.75, 3.05) is 38.6 Å². The third kappa shape index (κ3) is 4.90. The Hall–Kier alpha value is -1.56. The van der Waals surface area contributed by atoms with E-state index in [4.69, 9.17) is 15.2 Å². The van der Waals surface area contributed by atoms with Gasteiger partial charge in [-0.25, -0.2) is 0 Å². The zero-order chi connectivity index (χ0) is 14.1. The number of likely N-dealkylation sites (N-methyl/N-ethyl adjacent to an activating group) is 1. The summed E-state index contributed by atoms with van der Waals surface area (Å²) < 4.78 is 11.0. The molecule has 0 amide bonds. The molecule has 0 aliphatic rings. The molecule has 6 heteroatoms. The number of ether oxygens (including phenoxy) is 2. The molecule has 0 aliphatic heterocycles. The zero-order valence-electron chi connectivity index (χ0n) is 12.1. The fourth-order valence-electron chi connectivity index (χ4n) is 1.60. The first-order chi connectivity index (χ1) is 9.22. The van der Waals surface area contributed by atoms with Crippen LogP contribution >= 0.6 is 0 Å². The van der Waals surface area contributed by atoms with Gasteiger partial charge in [-0.1, -0.05) is 20.8 Å². The monoisotopic (exact) mass is 268 g/mol. The van der Waals surface area contributed by atoms with Crippen molar-refractivity contribution in [3.63, 3.8) is 0 Å². The van der Waals surface area contributed by atoms with Crippen molar-refractivity contribution in [1.29, 1.82) is 0 Å². The first kappa shape index (κ1) is 15.5. The smallest absolute Gasteiger partial charge is 0.244 e. The molecule has 0 aromatic carbocycles. The lowest BCUT2D eigenvalue weighted by Crippen LogP contribution is -2.28. The van der Waals surface area contributed by atoms with E-state index < -0.39 is 0 Å². The predicted molar refractivity (Wildman–Crippen MR) is 75.5 cm³/mol. The summed E-state index contributed by atoms with van der Waals surface area (Å²) in [6.07, 6.45) is 2.32. The van der Waals surface area contributed by atoms with Crippen LogP contribution in [-0.4, -0.2) is 47.7 Å². The third-order valence-electron chi connectivity index (χ3n) is 2.79. The Labute approximate surface area is 114 Å². The van der Waals surface area contributed by atoms with Gasteiger partial charge in [0.25, 0.3) is 0 Å². The van der Waals surface area contributed by atoms with E-state index in [0.29, 0.717) is 30.7 Å². The predicted octanol–water partition coefficient (Wildman–Crippen LogP) is 1.57. The number of aromatic nitrogens is 2. The molecule has 2 N–H and O–H groups in total. The molecule has 6 nitrogen and oxygen atoms in total. The molecule has 0 bridgehead atoms. The van der Waals surface area contributed by atoms with Crippen molar-refractivity contribution in [2.24, 2.45) is 0 Å². The van der Waals surface area contributed by atoms with Gasteiger partial charge >= 0.3 is 0 Å². The minimum absolute atomic E-state index is 0.371. The Bertz CT molecular complexity index is 370. The summed E-state index contributed by atoms with van der Waals surface area (Å²) in [6, 6.07) is 0. The first-order valence-electron chi connectivity index (χ1n) is 6.81. The maximum atomic E-state index is 5.92. The molecule has 0 saturated carbocycles. The number of nitrogens with two attached hydrogens (primary N) is 1. The second-order valence-corrected chi connectivity index (χ2v) is 4.12. The van der Waals surface area contributed by atoms with Crippen LogP contribution in [0.5, 0.6) is 11.8 Å². The number of hydrogen-bond acceptors (Lipinski definition) is 6. The minimum Gasteiger partial charge on any atom is -0.476 e. The van der Waals surface area contributed by atoms with Crippen molar-refractivity contribution in [3.05, 3.63) is 6.33 Å². The summed E-state index contributed by atoms with van der Waals surface area (Å²) in [7, 11) is 0. The van der Waals surface area contributed by atoms with Gasteiger partial charge in [-0.3, -0.25) is 0 Å². The van der Waals surface area contributed by atoms with E-state index in [9.17, 15) is 0 Å². The van der Waals surface area contributed by atoms with Gasteiger partial charge < -0.3 is 20.1 Å². The number of nitrogen functional groups attached to an aromatic ring is 1. The van der Waals surface area contributed by atoms with E-state index in [1.54, 1.807) is 0 Å². The van der Waals surface area contributed by atoms with Crippen LogP contribution in [0.3, 0.4) is 0 Å². The van der Waals surface area contributed by atoms with Crippen LogP contribution in [0.1, 0.15) is 27.2 Å². The van der Waals surface area contributed by atoms with Gasteiger partial charge in [-0.2, -0.15) is 9.97 Å². The lowest BCUT2D eigenvalue weighted by Gasteiger charge is -2.18. The van der Waals surface area contributed by atoms with Crippen molar-refractivity contribution in [1.82, 2.24) is 14.9 Å². The molecule has 1 aromatic rings. The fraction of sp³-hybridized carbons (Fsp3) is 0.692. The van der Waals surface area contributed by atoms with Crippen LogP contribution in [0.2, 0.25) is 0 Å². The number of rotatable bonds is 9. The molecule has 0 saturated heterocycles. The van der Waals surface area contributed by atoms with E-state index in [-0.39, 0.29) is 0 Å². The number of nitrogens with zero attached hydrogens (tertiary/aromatic N) is 3. The van der Waals surface area contributed by atoms with Gasteiger partial charge in [0.05, 0.1) is 6.61 Å². The van der Waals surface area contributed by atoms with Crippen LogP contribution in [0.4, 0.5) is 5.69 Å². The van der Waals surface area contributed by atoms with E-state index in [1.165, 1.54) is 6.33 Å². The molecule has 19 heavy (non-hydrogen) atoms. The van der Waals surface area contributed by atoms with Crippen LogP contribution < -0.4 is 15.2 Å². The van der Waals surface area contributed by atoms with Crippen LogP contribution in [0.15, 0.2) is 6.33 Å². The van der Waals surface area contributed by atoms with Gasteiger partial charge in [0.15, 0.2) is 5.69 Å². The molecule has 1 heterocycles. The normalized spacial score (nSPS) is 10.7. The van der Waals surface area contributed by atoms with Gasteiger partial charge in [0.2, 0.25) is 11.8 Å². The molecule has 1 rings (SSSR count). The Kier molecular flexibility index (Phi) is 6.95. The number of anilines is 1. The molecule has 108 valence electrons. The Morgan fingerprint density at radius 1 is 1.05 bits per heavy atom. The Morgan fingerprint density at radius 2 is 1.63 bits per heavy atom. The van der Waals surface area contributed by atoms with Crippen molar-refractivity contribution in [2.45, 2.75) is 27.2 Å².